The van der Waals surface area contributed by atoms with Crippen molar-refractivity contribution in [3.8, 4) is 0 Å². The molecule has 112 valence electrons. The van der Waals surface area contributed by atoms with Crippen LogP contribution in [0.15, 0.2) is 24.5 Å². The van der Waals surface area contributed by atoms with Crippen LogP contribution < -0.4 is 5.32 Å². The first-order valence-electron chi connectivity index (χ1n) is 7.64. The van der Waals surface area contributed by atoms with Crippen molar-refractivity contribution in [3.05, 3.63) is 45.7 Å². The summed E-state index contributed by atoms with van der Waals surface area (Å²) < 4.78 is 0. The molecule has 0 amide bonds. The van der Waals surface area contributed by atoms with Crippen LogP contribution in [0.2, 0.25) is 0 Å². The SMILES string of the molecule is CC(C)(C)c1nc(Cc2ccncc2)sc1CNC1CC1. The highest BCUT2D eigenvalue weighted by Gasteiger charge is 2.25. The minimum atomic E-state index is 0.105. The molecule has 1 fully saturated rings. The van der Waals surface area contributed by atoms with Gasteiger partial charge in [-0.25, -0.2) is 4.98 Å². The van der Waals surface area contributed by atoms with E-state index in [9.17, 15) is 0 Å². The van der Waals surface area contributed by atoms with Gasteiger partial charge in [0.15, 0.2) is 0 Å². The molecule has 1 aliphatic carbocycles. The predicted molar refractivity (Wildman–Crippen MR) is 87.7 cm³/mol. The quantitative estimate of drug-likeness (QED) is 0.915. The zero-order chi connectivity index (χ0) is 14.9. The van der Waals surface area contributed by atoms with E-state index in [1.165, 1.54) is 34.0 Å². The summed E-state index contributed by atoms with van der Waals surface area (Å²) in [7, 11) is 0. The van der Waals surface area contributed by atoms with Crippen LogP contribution in [0.3, 0.4) is 0 Å². The van der Waals surface area contributed by atoms with Crippen LogP contribution in [-0.2, 0) is 18.4 Å². The number of rotatable bonds is 5. The van der Waals surface area contributed by atoms with Crippen LogP contribution in [0.25, 0.3) is 0 Å². The average molecular weight is 301 g/mol. The second kappa shape index (κ2) is 5.85. The molecule has 0 aromatic carbocycles. The maximum absolute atomic E-state index is 4.93. The van der Waals surface area contributed by atoms with Gasteiger partial charge in [-0.3, -0.25) is 4.98 Å². The van der Waals surface area contributed by atoms with Crippen molar-refractivity contribution in [2.45, 2.75) is 58.0 Å². The van der Waals surface area contributed by atoms with Crippen LogP contribution in [0.4, 0.5) is 0 Å². The van der Waals surface area contributed by atoms with Crippen LogP contribution in [0.5, 0.6) is 0 Å². The van der Waals surface area contributed by atoms with Crippen molar-refractivity contribution in [3.63, 3.8) is 0 Å². The van der Waals surface area contributed by atoms with E-state index in [4.69, 9.17) is 4.98 Å². The van der Waals surface area contributed by atoms with E-state index in [0.29, 0.717) is 0 Å². The number of hydrogen-bond acceptors (Lipinski definition) is 4. The van der Waals surface area contributed by atoms with E-state index >= 15 is 0 Å². The molecule has 0 aliphatic heterocycles. The summed E-state index contributed by atoms with van der Waals surface area (Å²) in [6.07, 6.45) is 7.26. The molecule has 2 heterocycles. The summed E-state index contributed by atoms with van der Waals surface area (Å²) in [6.45, 7) is 7.71. The van der Waals surface area contributed by atoms with Crippen molar-refractivity contribution < 1.29 is 0 Å². The Morgan fingerprint density at radius 3 is 2.57 bits per heavy atom. The van der Waals surface area contributed by atoms with Gasteiger partial charge in [0.1, 0.15) is 0 Å². The second-order valence-electron chi connectivity index (χ2n) is 6.82. The maximum atomic E-state index is 4.93. The first-order chi connectivity index (χ1) is 10.0. The zero-order valence-electron chi connectivity index (χ0n) is 13.0. The minimum absolute atomic E-state index is 0.105. The number of nitrogens with zero attached hydrogens (tertiary/aromatic N) is 2. The minimum Gasteiger partial charge on any atom is -0.309 e. The highest BCUT2D eigenvalue weighted by molar-refractivity contribution is 7.11. The smallest absolute Gasteiger partial charge is 0.0975 e. The van der Waals surface area contributed by atoms with Crippen molar-refractivity contribution in [2.75, 3.05) is 0 Å². The molecular formula is C17H23N3S. The lowest BCUT2D eigenvalue weighted by Crippen LogP contribution is -2.20. The van der Waals surface area contributed by atoms with Crippen molar-refractivity contribution in [1.82, 2.24) is 15.3 Å². The van der Waals surface area contributed by atoms with Gasteiger partial charge in [0, 0.05) is 41.7 Å². The van der Waals surface area contributed by atoms with Gasteiger partial charge >= 0.3 is 0 Å². The Hall–Kier alpha value is -1.26. The summed E-state index contributed by atoms with van der Waals surface area (Å²) in [4.78, 5) is 10.4. The van der Waals surface area contributed by atoms with Gasteiger partial charge < -0.3 is 5.32 Å². The zero-order valence-corrected chi connectivity index (χ0v) is 13.8. The standard InChI is InChI=1S/C17H23N3S/c1-17(2,3)16-14(11-19-13-4-5-13)21-15(20-16)10-12-6-8-18-9-7-12/h6-9,13,19H,4-5,10-11H2,1-3H3. The fourth-order valence-electron chi connectivity index (χ4n) is 2.38. The third-order valence-corrected chi connectivity index (χ3v) is 4.74. The highest BCUT2D eigenvalue weighted by atomic mass is 32.1. The van der Waals surface area contributed by atoms with E-state index < -0.39 is 0 Å². The Morgan fingerprint density at radius 1 is 1.24 bits per heavy atom. The summed E-state index contributed by atoms with van der Waals surface area (Å²) in [5.74, 6) is 0. The molecule has 0 unspecified atom stereocenters. The first kappa shape index (κ1) is 14.7. The molecule has 3 rings (SSSR count). The fraction of sp³-hybridized carbons (Fsp3) is 0.529. The summed E-state index contributed by atoms with van der Waals surface area (Å²) >= 11 is 1.86. The normalized spacial score (nSPS) is 15.4. The molecule has 0 bridgehead atoms. The first-order valence-corrected chi connectivity index (χ1v) is 8.45. The molecule has 1 aliphatic rings. The molecule has 0 spiro atoms. The third kappa shape index (κ3) is 3.89. The molecule has 0 atom stereocenters. The van der Waals surface area contributed by atoms with Crippen molar-refractivity contribution in [2.24, 2.45) is 0 Å². The number of aromatic nitrogens is 2. The average Bonchev–Trinajstić information content (AvgIpc) is 3.17. The Balaban J connectivity index is 1.80. The molecule has 4 heteroatoms. The van der Waals surface area contributed by atoms with Gasteiger partial charge in [0.05, 0.1) is 10.7 Å². The molecule has 1 N–H and O–H groups in total. The second-order valence-corrected chi connectivity index (χ2v) is 7.98. The molecule has 1 saturated carbocycles. The van der Waals surface area contributed by atoms with Crippen LogP contribution >= 0.6 is 11.3 Å². The molecular weight excluding hydrogens is 278 g/mol. The van der Waals surface area contributed by atoms with Gasteiger partial charge in [-0.1, -0.05) is 20.8 Å². The van der Waals surface area contributed by atoms with Gasteiger partial charge in [-0.05, 0) is 30.5 Å². The Bertz CT molecular complexity index is 594. The van der Waals surface area contributed by atoms with Crippen LogP contribution in [-0.4, -0.2) is 16.0 Å². The van der Waals surface area contributed by atoms with E-state index in [-0.39, 0.29) is 5.41 Å². The third-order valence-electron chi connectivity index (χ3n) is 3.69. The maximum Gasteiger partial charge on any atom is 0.0975 e. The van der Waals surface area contributed by atoms with Crippen molar-refractivity contribution >= 4 is 11.3 Å². The Labute approximate surface area is 130 Å². The lowest BCUT2D eigenvalue weighted by atomic mass is 9.91. The number of nitrogens with one attached hydrogen (secondary N) is 1. The molecule has 3 nitrogen and oxygen atoms in total. The Kier molecular flexibility index (Phi) is 4.09. The molecule has 0 radical (unpaired) electrons. The topological polar surface area (TPSA) is 37.8 Å². The number of hydrogen-bond donors (Lipinski definition) is 1. The number of pyridine rings is 1. The molecule has 21 heavy (non-hydrogen) atoms. The van der Waals surface area contributed by atoms with Gasteiger partial charge in [-0.2, -0.15) is 0 Å². The lowest BCUT2D eigenvalue weighted by Gasteiger charge is -2.17. The summed E-state index contributed by atoms with van der Waals surface area (Å²) in [5.41, 5.74) is 2.64. The van der Waals surface area contributed by atoms with Crippen molar-refractivity contribution in [1.29, 1.82) is 0 Å². The van der Waals surface area contributed by atoms with Crippen LogP contribution in [0.1, 0.15) is 54.8 Å². The van der Waals surface area contributed by atoms with E-state index in [0.717, 1.165) is 19.0 Å². The Morgan fingerprint density at radius 2 is 1.95 bits per heavy atom. The largest absolute Gasteiger partial charge is 0.309 e. The van der Waals surface area contributed by atoms with E-state index in [2.05, 4.69) is 43.2 Å². The molecule has 2 aromatic rings. The van der Waals surface area contributed by atoms with Gasteiger partial charge in [0.2, 0.25) is 0 Å². The predicted octanol–water partition coefficient (Wildman–Crippen LogP) is 3.68. The van der Waals surface area contributed by atoms with Gasteiger partial charge in [0.25, 0.3) is 0 Å². The summed E-state index contributed by atoms with van der Waals surface area (Å²) in [6, 6.07) is 4.88. The molecule has 2 aromatic heterocycles. The van der Waals surface area contributed by atoms with Gasteiger partial charge in [-0.15, -0.1) is 11.3 Å². The number of thiazole rings is 1. The lowest BCUT2D eigenvalue weighted by molar-refractivity contribution is 0.557. The highest BCUT2D eigenvalue weighted by Crippen LogP contribution is 2.31. The van der Waals surface area contributed by atoms with E-state index in [1.54, 1.807) is 0 Å². The summed E-state index contributed by atoms with van der Waals surface area (Å²) in [5, 5.41) is 4.83. The monoisotopic (exact) mass is 301 g/mol. The molecule has 0 saturated heterocycles. The fourth-order valence-corrected chi connectivity index (χ4v) is 3.65. The van der Waals surface area contributed by atoms with E-state index in [1.807, 2.05) is 23.7 Å². The van der Waals surface area contributed by atoms with Crippen LogP contribution in [0, 0.1) is 0 Å².